The summed E-state index contributed by atoms with van der Waals surface area (Å²) in [5.41, 5.74) is 0.798. The van der Waals surface area contributed by atoms with Gasteiger partial charge in [0.05, 0.1) is 16.8 Å². The molecule has 0 aliphatic carbocycles. The van der Waals surface area contributed by atoms with Crippen LogP contribution in [0.5, 0.6) is 0 Å². The molecule has 0 radical (unpaired) electrons. The molecule has 1 heterocycles. The largest absolute Gasteiger partial charge is 0.466 e. The standard InChI is InChI=1S/C14H14BrClFNO/c1-2-6-18-13(14-11(15)5-7-19-14)10-4-3-9(17)8-12(10)16/h3-5,7-8,13,18H,2,6H2,1H3. The third-order valence-corrected chi connectivity index (χ3v) is 3.76. The topological polar surface area (TPSA) is 25.2 Å². The molecule has 1 N–H and O–H groups in total. The van der Waals surface area contributed by atoms with Crippen molar-refractivity contribution in [2.75, 3.05) is 6.54 Å². The molecule has 0 aliphatic rings. The SMILES string of the molecule is CCCNC(c1ccc(F)cc1Cl)c1occc1Br. The van der Waals surface area contributed by atoms with Crippen molar-refractivity contribution in [2.24, 2.45) is 0 Å². The molecule has 0 spiro atoms. The zero-order valence-corrected chi connectivity index (χ0v) is 12.8. The quantitative estimate of drug-likeness (QED) is 0.831. The number of benzene rings is 1. The zero-order valence-electron chi connectivity index (χ0n) is 10.4. The van der Waals surface area contributed by atoms with Gasteiger partial charge < -0.3 is 9.73 Å². The van der Waals surface area contributed by atoms with Gasteiger partial charge >= 0.3 is 0 Å². The van der Waals surface area contributed by atoms with Crippen molar-refractivity contribution in [1.82, 2.24) is 5.32 Å². The highest BCUT2D eigenvalue weighted by molar-refractivity contribution is 9.10. The van der Waals surface area contributed by atoms with E-state index >= 15 is 0 Å². The van der Waals surface area contributed by atoms with Gasteiger partial charge in [-0.05, 0) is 52.7 Å². The van der Waals surface area contributed by atoms with Crippen LogP contribution in [0.4, 0.5) is 4.39 Å². The molecular weight excluding hydrogens is 333 g/mol. The van der Waals surface area contributed by atoms with Gasteiger partial charge in [0.25, 0.3) is 0 Å². The van der Waals surface area contributed by atoms with E-state index < -0.39 is 0 Å². The van der Waals surface area contributed by atoms with E-state index in [1.54, 1.807) is 12.3 Å². The van der Waals surface area contributed by atoms with Crippen LogP contribution < -0.4 is 5.32 Å². The predicted octanol–water partition coefficient (Wildman–Crippen LogP) is 4.92. The van der Waals surface area contributed by atoms with Gasteiger partial charge in [0.15, 0.2) is 0 Å². The first-order chi connectivity index (χ1) is 9.13. The summed E-state index contributed by atoms with van der Waals surface area (Å²) in [4.78, 5) is 0. The van der Waals surface area contributed by atoms with Gasteiger partial charge in [0.1, 0.15) is 11.6 Å². The van der Waals surface area contributed by atoms with Crippen molar-refractivity contribution in [1.29, 1.82) is 0 Å². The van der Waals surface area contributed by atoms with Crippen LogP contribution in [-0.4, -0.2) is 6.54 Å². The van der Waals surface area contributed by atoms with E-state index in [1.807, 2.05) is 6.07 Å². The number of rotatable bonds is 5. The number of furan rings is 1. The molecule has 1 unspecified atom stereocenters. The molecule has 2 aromatic rings. The summed E-state index contributed by atoms with van der Waals surface area (Å²) >= 11 is 9.58. The molecule has 0 fully saturated rings. The third kappa shape index (κ3) is 3.38. The Morgan fingerprint density at radius 2 is 2.21 bits per heavy atom. The number of halogens is 3. The van der Waals surface area contributed by atoms with E-state index in [4.69, 9.17) is 16.0 Å². The highest BCUT2D eigenvalue weighted by Gasteiger charge is 2.21. The van der Waals surface area contributed by atoms with Gasteiger partial charge in [-0.2, -0.15) is 0 Å². The molecular formula is C14H14BrClFNO. The minimum atomic E-state index is -0.346. The molecule has 5 heteroatoms. The fourth-order valence-corrected chi connectivity index (χ4v) is 2.59. The number of nitrogens with one attached hydrogen (secondary N) is 1. The van der Waals surface area contributed by atoms with Gasteiger partial charge in [-0.15, -0.1) is 0 Å². The van der Waals surface area contributed by atoms with Crippen LogP contribution in [0, 0.1) is 5.82 Å². The minimum absolute atomic E-state index is 0.197. The Labute approximate surface area is 125 Å². The van der Waals surface area contributed by atoms with Crippen LogP contribution in [0.3, 0.4) is 0 Å². The fraction of sp³-hybridized carbons (Fsp3) is 0.286. The molecule has 19 heavy (non-hydrogen) atoms. The second-order valence-electron chi connectivity index (χ2n) is 4.19. The normalized spacial score (nSPS) is 12.6. The molecule has 102 valence electrons. The smallest absolute Gasteiger partial charge is 0.139 e. The second kappa shape index (κ2) is 6.55. The molecule has 0 saturated heterocycles. The van der Waals surface area contributed by atoms with Crippen molar-refractivity contribution in [3.63, 3.8) is 0 Å². The Morgan fingerprint density at radius 3 is 2.79 bits per heavy atom. The Balaban J connectivity index is 2.40. The Kier molecular flexibility index (Phi) is 5.02. The van der Waals surface area contributed by atoms with Gasteiger partial charge in [-0.25, -0.2) is 4.39 Å². The predicted molar refractivity (Wildman–Crippen MR) is 78.0 cm³/mol. The van der Waals surface area contributed by atoms with Crippen LogP contribution in [0.2, 0.25) is 5.02 Å². The maximum Gasteiger partial charge on any atom is 0.139 e. The Morgan fingerprint density at radius 1 is 1.42 bits per heavy atom. The number of hydrogen-bond acceptors (Lipinski definition) is 2. The maximum atomic E-state index is 13.1. The van der Waals surface area contributed by atoms with Crippen molar-refractivity contribution in [2.45, 2.75) is 19.4 Å². The highest BCUT2D eigenvalue weighted by atomic mass is 79.9. The molecule has 0 aliphatic heterocycles. The number of hydrogen-bond donors (Lipinski definition) is 1. The molecule has 0 amide bonds. The van der Waals surface area contributed by atoms with Gasteiger partial charge in [-0.3, -0.25) is 0 Å². The molecule has 0 saturated carbocycles. The summed E-state index contributed by atoms with van der Waals surface area (Å²) in [6.45, 7) is 2.89. The first-order valence-corrected chi connectivity index (χ1v) is 7.21. The van der Waals surface area contributed by atoms with Crippen LogP contribution in [-0.2, 0) is 0 Å². The summed E-state index contributed by atoms with van der Waals surface area (Å²) in [5.74, 6) is 0.392. The van der Waals surface area contributed by atoms with E-state index in [0.717, 1.165) is 28.8 Å². The summed E-state index contributed by atoms with van der Waals surface area (Å²) in [5, 5.41) is 3.74. The lowest BCUT2D eigenvalue weighted by Gasteiger charge is -2.18. The van der Waals surface area contributed by atoms with E-state index in [-0.39, 0.29) is 11.9 Å². The van der Waals surface area contributed by atoms with Crippen molar-refractivity contribution >= 4 is 27.5 Å². The lowest BCUT2D eigenvalue weighted by Crippen LogP contribution is -2.23. The molecule has 2 nitrogen and oxygen atoms in total. The highest BCUT2D eigenvalue weighted by Crippen LogP contribution is 2.33. The second-order valence-corrected chi connectivity index (χ2v) is 5.45. The summed E-state index contributed by atoms with van der Waals surface area (Å²) in [6, 6.07) is 6.03. The first kappa shape index (κ1) is 14.6. The molecule has 1 aromatic heterocycles. The van der Waals surface area contributed by atoms with Crippen LogP contribution in [0.25, 0.3) is 0 Å². The van der Waals surface area contributed by atoms with Crippen molar-refractivity contribution in [3.8, 4) is 0 Å². The van der Waals surface area contributed by atoms with Gasteiger partial charge in [-0.1, -0.05) is 24.6 Å². The zero-order chi connectivity index (χ0) is 13.8. The molecule has 2 rings (SSSR count). The monoisotopic (exact) mass is 345 g/mol. The average molecular weight is 347 g/mol. The molecule has 1 atom stereocenters. The van der Waals surface area contributed by atoms with Crippen LogP contribution in [0.15, 0.2) is 39.4 Å². The Bertz CT molecular complexity index is 558. The minimum Gasteiger partial charge on any atom is -0.466 e. The summed E-state index contributed by atoms with van der Waals surface area (Å²) < 4.78 is 19.5. The maximum absolute atomic E-state index is 13.1. The average Bonchev–Trinajstić information content (AvgIpc) is 2.78. The molecule has 1 aromatic carbocycles. The van der Waals surface area contributed by atoms with Gasteiger partial charge in [0.2, 0.25) is 0 Å². The van der Waals surface area contributed by atoms with Crippen LogP contribution in [0.1, 0.15) is 30.7 Å². The van der Waals surface area contributed by atoms with E-state index in [9.17, 15) is 4.39 Å². The summed E-state index contributed by atoms with van der Waals surface area (Å²) in [7, 11) is 0. The van der Waals surface area contributed by atoms with Gasteiger partial charge in [0, 0.05) is 5.02 Å². The lowest BCUT2D eigenvalue weighted by atomic mass is 10.0. The van der Waals surface area contributed by atoms with Crippen LogP contribution >= 0.6 is 27.5 Å². The van der Waals surface area contributed by atoms with Crippen molar-refractivity contribution in [3.05, 3.63) is 57.2 Å². The lowest BCUT2D eigenvalue weighted by molar-refractivity contribution is 0.444. The van der Waals surface area contributed by atoms with E-state index in [2.05, 4.69) is 28.2 Å². The fourth-order valence-electron chi connectivity index (χ4n) is 1.88. The third-order valence-electron chi connectivity index (χ3n) is 2.78. The molecule has 0 bridgehead atoms. The Hall–Kier alpha value is -0.840. The summed E-state index contributed by atoms with van der Waals surface area (Å²) in [6.07, 6.45) is 2.59. The van der Waals surface area contributed by atoms with Crippen molar-refractivity contribution < 1.29 is 8.81 Å². The van der Waals surface area contributed by atoms with E-state index in [0.29, 0.717) is 5.02 Å². The first-order valence-electron chi connectivity index (χ1n) is 6.04. The van der Waals surface area contributed by atoms with E-state index in [1.165, 1.54) is 12.1 Å².